The van der Waals surface area contributed by atoms with Crippen LogP contribution in [0.15, 0.2) is 52.2 Å². The molecule has 1 saturated heterocycles. The van der Waals surface area contributed by atoms with Crippen LogP contribution in [-0.2, 0) is 23.4 Å². The molecule has 39 heavy (non-hydrogen) atoms. The number of aromatic nitrogens is 2. The Morgan fingerprint density at radius 3 is 2.54 bits per heavy atom. The van der Waals surface area contributed by atoms with E-state index >= 15 is 4.39 Å². The van der Waals surface area contributed by atoms with E-state index in [1.54, 1.807) is 32.0 Å². The van der Waals surface area contributed by atoms with Gasteiger partial charge in [-0.1, -0.05) is 24.1 Å². The number of rotatable bonds is 10. The molecule has 1 aromatic heterocycles. The highest BCUT2D eigenvalue weighted by atomic mass is 31.2. The number of hydrogen-bond acceptors (Lipinski definition) is 10. The first-order valence-corrected chi connectivity index (χ1v) is 13.3. The number of aliphatic hydroxyl groups is 2. The molecule has 1 aromatic carbocycles. The lowest BCUT2D eigenvalue weighted by atomic mass is 9.93. The summed E-state index contributed by atoms with van der Waals surface area (Å²) in [6.07, 6.45) is -3.99. The molecular formula is C24H29FN3O10P. The number of H-pyrrole nitrogens is 1. The van der Waals surface area contributed by atoms with Crippen LogP contribution in [0.25, 0.3) is 0 Å². The Bertz CT molecular complexity index is 1400. The van der Waals surface area contributed by atoms with Gasteiger partial charge in [-0.3, -0.25) is 23.7 Å². The maximum atomic E-state index is 16.1. The van der Waals surface area contributed by atoms with Crippen molar-refractivity contribution in [1.29, 1.82) is 0 Å². The summed E-state index contributed by atoms with van der Waals surface area (Å²) in [5.74, 6) is 0.476. The van der Waals surface area contributed by atoms with Crippen molar-refractivity contribution in [2.24, 2.45) is 0 Å². The lowest BCUT2D eigenvalue weighted by Gasteiger charge is -2.28. The maximum Gasteiger partial charge on any atom is 0.459 e. The summed E-state index contributed by atoms with van der Waals surface area (Å²) in [6.45, 7) is 4.50. The van der Waals surface area contributed by atoms with E-state index in [1.807, 2.05) is 4.98 Å². The summed E-state index contributed by atoms with van der Waals surface area (Å²) in [5.41, 5.74) is -4.57. The van der Waals surface area contributed by atoms with Gasteiger partial charge in [0.25, 0.3) is 11.4 Å². The third-order valence-electron chi connectivity index (χ3n) is 5.40. The number of nitrogens with zero attached hydrogens (tertiary/aromatic N) is 1. The Balaban J connectivity index is 1.93. The standard InChI is InChI=1S/C24H29FN3O10P/c1-5-12-23(33)20(31)24(25,37-21(23)28-13-11-18(29)26-22(28)32)14-35-39(34,38-17-9-7-6-8-10-17)27-16(4)19(30)36-15(2)3/h6-11,13,15-16,20-21,31,33H,14H2,1-4H3,(H,27,34)(H,26,29,32)/t16-,20-,21+,23+,24+,39-/m0/s1. The van der Waals surface area contributed by atoms with E-state index in [2.05, 4.69) is 16.9 Å². The summed E-state index contributed by atoms with van der Waals surface area (Å²) < 4.78 is 51.4. The Kier molecular flexibility index (Phi) is 9.17. The van der Waals surface area contributed by atoms with Crippen molar-refractivity contribution in [3.63, 3.8) is 0 Å². The maximum absolute atomic E-state index is 16.1. The molecule has 6 atom stereocenters. The molecule has 0 spiro atoms. The van der Waals surface area contributed by atoms with Gasteiger partial charge < -0.3 is 24.2 Å². The first-order valence-electron chi connectivity index (χ1n) is 11.7. The van der Waals surface area contributed by atoms with Gasteiger partial charge in [0.2, 0.25) is 5.60 Å². The normalized spacial score (nSPS) is 26.8. The highest BCUT2D eigenvalue weighted by Crippen LogP contribution is 2.50. The third-order valence-corrected chi connectivity index (χ3v) is 7.02. The van der Waals surface area contributed by atoms with Crippen LogP contribution in [0.3, 0.4) is 0 Å². The van der Waals surface area contributed by atoms with Gasteiger partial charge in [0.1, 0.15) is 18.4 Å². The first kappa shape index (κ1) is 30.2. The number of carbonyl (C=O) groups is 1. The number of nitrogens with one attached hydrogen (secondary N) is 2. The molecule has 3 rings (SSSR count). The van der Waals surface area contributed by atoms with E-state index in [0.717, 1.165) is 12.3 Å². The molecule has 4 N–H and O–H groups in total. The Morgan fingerprint density at radius 2 is 1.95 bits per heavy atom. The zero-order chi connectivity index (χ0) is 29.0. The zero-order valence-electron chi connectivity index (χ0n) is 21.5. The molecule has 0 aliphatic carbocycles. The second kappa shape index (κ2) is 11.8. The van der Waals surface area contributed by atoms with Crippen molar-refractivity contribution < 1.29 is 42.5 Å². The lowest BCUT2D eigenvalue weighted by molar-refractivity contribution is -0.204. The van der Waals surface area contributed by atoms with Crippen LogP contribution in [0.2, 0.25) is 0 Å². The fourth-order valence-corrected chi connectivity index (χ4v) is 5.14. The minimum atomic E-state index is -4.60. The van der Waals surface area contributed by atoms with E-state index in [4.69, 9.17) is 18.5 Å². The molecule has 2 aromatic rings. The minimum absolute atomic E-state index is 0.0320. The smallest absolute Gasteiger partial charge is 0.459 e. The molecule has 212 valence electrons. The van der Waals surface area contributed by atoms with Crippen molar-refractivity contribution in [2.75, 3.05) is 6.61 Å². The fourth-order valence-electron chi connectivity index (χ4n) is 3.63. The molecule has 0 amide bonds. The average molecular weight is 569 g/mol. The lowest BCUT2D eigenvalue weighted by Crippen LogP contribution is -2.51. The van der Waals surface area contributed by atoms with Crippen molar-refractivity contribution in [3.8, 4) is 17.6 Å². The number of carbonyl (C=O) groups excluding carboxylic acids is 1. The van der Waals surface area contributed by atoms with Crippen molar-refractivity contribution in [3.05, 3.63) is 63.4 Å². The second-order valence-corrected chi connectivity index (χ2v) is 10.6. The first-order chi connectivity index (χ1) is 18.2. The number of aromatic amines is 1. The van der Waals surface area contributed by atoms with Gasteiger partial charge in [-0.05, 0) is 39.8 Å². The Hall–Kier alpha value is -3.31. The largest absolute Gasteiger partial charge is 0.462 e. The number of hydrogen-bond donors (Lipinski definition) is 4. The van der Waals surface area contributed by atoms with Gasteiger partial charge in [0.15, 0.2) is 12.3 Å². The predicted octanol–water partition coefficient (Wildman–Crippen LogP) is 0.980. The van der Waals surface area contributed by atoms with Gasteiger partial charge in [-0.15, -0.1) is 5.92 Å². The number of ether oxygens (including phenoxy) is 2. The van der Waals surface area contributed by atoms with E-state index in [9.17, 15) is 29.2 Å². The predicted molar refractivity (Wildman–Crippen MR) is 134 cm³/mol. The van der Waals surface area contributed by atoms with Crippen LogP contribution in [-0.4, -0.2) is 62.0 Å². The minimum Gasteiger partial charge on any atom is -0.462 e. The number of alkyl halides is 1. The number of esters is 1. The van der Waals surface area contributed by atoms with E-state index in [0.29, 0.717) is 4.57 Å². The molecule has 0 bridgehead atoms. The van der Waals surface area contributed by atoms with Gasteiger partial charge in [-0.2, -0.15) is 5.09 Å². The molecule has 0 saturated carbocycles. The second-order valence-electron chi connectivity index (χ2n) is 8.89. The number of aliphatic hydroxyl groups excluding tert-OH is 1. The van der Waals surface area contributed by atoms with Gasteiger partial charge in [0.05, 0.1) is 6.10 Å². The van der Waals surface area contributed by atoms with Crippen molar-refractivity contribution in [1.82, 2.24) is 14.6 Å². The monoisotopic (exact) mass is 569 g/mol. The summed E-state index contributed by atoms with van der Waals surface area (Å²) >= 11 is 0. The summed E-state index contributed by atoms with van der Waals surface area (Å²) in [4.78, 5) is 38.0. The Morgan fingerprint density at radius 1 is 1.28 bits per heavy atom. The topological polar surface area (TPSA) is 178 Å². The Labute approximate surface area is 222 Å². The third kappa shape index (κ3) is 6.83. The molecular weight excluding hydrogens is 540 g/mol. The van der Waals surface area contributed by atoms with Crippen LogP contribution in [0, 0.1) is 11.8 Å². The molecule has 2 heterocycles. The number of para-hydroxylation sites is 1. The van der Waals surface area contributed by atoms with Gasteiger partial charge in [-0.25, -0.2) is 13.8 Å². The molecule has 0 unspecified atom stereocenters. The SMILES string of the molecule is CC#C[C@]1(O)[C@H](n2ccc(=O)[nH]c2=O)O[C@](F)(CO[P@@](=O)(N[C@@H](C)C(=O)OC(C)C)Oc2ccccc2)[C@H]1O. The van der Waals surface area contributed by atoms with Crippen LogP contribution >= 0.6 is 7.75 Å². The van der Waals surface area contributed by atoms with E-state index < -0.39 is 67.5 Å². The molecule has 1 aliphatic rings. The van der Waals surface area contributed by atoms with Crippen LogP contribution in [0.1, 0.15) is 33.9 Å². The summed E-state index contributed by atoms with van der Waals surface area (Å²) in [7, 11) is -4.60. The average Bonchev–Trinajstić information content (AvgIpc) is 3.05. The number of halogens is 1. The molecule has 13 nitrogen and oxygen atoms in total. The quantitative estimate of drug-likeness (QED) is 0.182. The van der Waals surface area contributed by atoms with Crippen LogP contribution in [0.4, 0.5) is 4.39 Å². The summed E-state index contributed by atoms with van der Waals surface area (Å²) in [5, 5.41) is 24.2. The van der Waals surface area contributed by atoms with Gasteiger partial charge in [0, 0.05) is 12.3 Å². The van der Waals surface area contributed by atoms with E-state index in [1.165, 1.54) is 26.0 Å². The van der Waals surface area contributed by atoms with Gasteiger partial charge >= 0.3 is 19.4 Å². The zero-order valence-corrected chi connectivity index (χ0v) is 22.4. The van der Waals surface area contributed by atoms with E-state index in [-0.39, 0.29) is 5.75 Å². The van der Waals surface area contributed by atoms with Crippen LogP contribution < -0.4 is 20.9 Å². The highest BCUT2D eigenvalue weighted by molar-refractivity contribution is 7.52. The molecule has 0 radical (unpaired) electrons. The fraction of sp³-hybridized carbons (Fsp3) is 0.458. The van der Waals surface area contributed by atoms with Crippen molar-refractivity contribution >= 4 is 13.7 Å². The van der Waals surface area contributed by atoms with Crippen LogP contribution in [0.5, 0.6) is 5.75 Å². The van der Waals surface area contributed by atoms with Crippen molar-refractivity contribution in [2.45, 2.75) is 63.6 Å². The summed E-state index contributed by atoms with van der Waals surface area (Å²) in [6, 6.07) is 7.29. The molecule has 1 fully saturated rings. The molecule has 1 aliphatic heterocycles. The highest BCUT2D eigenvalue weighted by Gasteiger charge is 2.65. The number of benzene rings is 1. The molecule has 15 heteroatoms.